The molecule has 1 unspecified atom stereocenters. The highest BCUT2D eigenvalue weighted by atomic mass is 35.5. The molecule has 0 aliphatic rings. The first-order chi connectivity index (χ1) is 8.58. The Morgan fingerprint density at radius 1 is 1.39 bits per heavy atom. The minimum Gasteiger partial charge on any atom is -0.294 e. The van der Waals surface area contributed by atoms with Crippen molar-refractivity contribution in [1.82, 2.24) is 0 Å². The standard InChI is InChI=1S/C15H20ClFO/c1-3-5-6-11(4-2)9-15(18)12-7-8-13(16)14(17)10-12/h7-8,10-11H,3-6,9H2,1-2H3. The molecule has 0 N–H and O–H groups in total. The number of hydrogen-bond donors (Lipinski definition) is 0. The van der Waals surface area contributed by atoms with Crippen LogP contribution in [-0.4, -0.2) is 5.78 Å². The minimum atomic E-state index is -0.524. The van der Waals surface area contributed by atoms with E-state index in [2.05, 4.69) is 13.8 Å². The Morgan fingerprint density at radius 2 is 2.11 bits per heavy atom. The van der Waals surface area contributed by atoms with Crippen LogP contribution in [0.4, 0.5) is 4.39 Å². The number of hydrogen-bond acceptors (Lipinski definition) is 1. The lowest BCUT2D eigenvalue weighted by atomic mass is 9.91. The van der Waals surface area contributed by atoms with Crippen LogP contribution >= 0.6 is 11.6 Å². The molecule has 0 aromatic heterocycles. The lowest BCUT2D eigenvalue weighted by Crippen LogP contribution is -2.08. The van der Waals surface area contributed by atoms with Crippen LogP contribution in [0.25, 0.3) is 0 Å². The van der Waals surface area contributed by atoms with Gasteiger partial charge in [0.25, 0.3) is 0 Å². The normalized spacial score (nSPS) is 12.4. The van der Waals surface area contributed by atoms with Gasteiger partial charge in [-0.3, -0.25) is 4.79 Å². The molecule has 1 nitrogen and oxygen atoms in total. The molecule has 0 heterocycles. The molecule has 0 bridgehead atoms. The van der Waals surface area contributed by atoms with Gasteiger partial charge in [0.2, 0.25) is 0 Å². The highest BCUT2D eigenvalue weighted by Crippen LogP contribution is 2.21. The summed E-state index contributed by atoms with van der Waals surface area (Å²) >= 11 is 5.60. The lowest BCUT2D eigenvalue weighted by molar-refractivity contribution is 0.0956. The molecule has 1 rings (SSSR count). The van der Waals surface area contributed by atoms with Crippen molar-refractivity contribution in [2.45, 2.75) is 46.0 Å². The number of unbranched alkanes of at least 4 members (excludes halogenated alkanes) is 1. The summed E-state index contributed by atoms with van der Waals surface area (Å²) in [6, 6.07) is 4.27. The van der Waals surface area contributed by atoms with Crippen LogP contribution < -0.4 is 0 Å². The maximum absolute atomic E-state index is 13.3. The molecule has 0 amide bonds. The van der Waals surface area contributed by atoms with Crippen LogP contribution in [0.3, 0.4) is 0 Å². The number of benzene rings is 1. The monoisotopic (exact) mass is 270 g/mol. The van der Waals surface area contributed by atoms with Crippen molar-refractivity contribution in [3.63, 3.8) is 0 Å². The molecular formula is C15H20ClFO. The van der Waals surface area contributed by atoms with Crippen LogP contribution in [-0.2, 0) is 0 Å². The summed E-state index contributed by atoms with van der Waals surface area (Å²) in [4.78, 5) is 12.0. The van der Waals surface area contributed by atoms with Gasteiger partial charge < -0.3 is 0 Å². The van der Waals surface area contributed by atoms with Crippen molar-refractivity contribution in [3.8, 4) is 0 Å². The van der Waals surface area contributed by atoms with Crippen molar-refractivity contribution in [1.29, 1.82) is 0 Å². The van der Waals surface area contributed by atoms with Gasteiger partial charge in [0, 0.05) is 12.0 Å². The van der Waals surface area contributed by atoms with Crippen LogP contribution in [0.2, 0.25) is 5.02 Å². The van der Waals surface area contributed by atoms with E-state index in [1.54, 1.807) is 6.07 Å². The predicted octanol–water partition coefficient (Wildman–Crippen LogP) is 5.27. The topological polar surface area (TPSA) is 17.1 Å². The second-order valence-corrected chi connectivity index (χ2v) is 5.08. The van der Waals surface area contributed by atoms with Crippen molar-refractivity contribution in [2.75, 3.05) is 0 Å². The summed E-state index contributed by atoms with van der Waals surface area (Å²) in [6.45, 7) is 4.24. The van der Waals surface area contributed by atoms with E-state index < -0.39 is 5.82 Å². The number of halogens is 2. The fraction of sp³-hybridized carbons (Fsp3) is 0.533. The molecule has 0 radical (unpaired) electrons. The maximum Gasteiger partial charge on any atom is 0.163 e. The third-order valence-corrected chi connectivity index (χ3v) is 3.57. The van der Waals surface area contributed by atoms with E-state index in [0.29, 0.717) is 17.9 Å². The van der Waals surface area contributed by atoms with E-state index in [0.717, 1.165) is 25.7 Å². The quantitative estimate of drug-likeness (QED) is 0.617. The third kappa shape index (κ3) is 4.41. The Kier molecular flexibility index (Phi) is 6.34. The van der Waals surface area contributed by atoms with Crippen molar-refractivity contribution in [3.05, 3.63) is 34.6 Å². The largest absolute Gasteiger partial charge is 0.294 e. The van der Waals surface area contributed by atoms with E-state index in [1.165, 1.54) is 12.1 Å². The van der Waals surface area contributed by atoms with E-state index in [9.17, 15) is 9.18 Å². The number of Topliss-reactive ketones (excluding diaryl/α,β-unsaturated/α-hetero) is 1. The van der Waals surface area contributed by atoms with Gasteiger partial charge in [0.05, 0.1) is 5.02 Å². The molecule has 1 aromatic carbocycles. The molecule has 0 fully saturated rings. The summed E-state index contributed by atoms with van der Waals surface area (Å²) in [5, 5.41) is 0.0598. The smallest absolute Gasteiger partial charge is 0.163 e. The Bertz CT molecular complexity index is 403. The van der Waals surface area contributed by atoms with Gasteiger partial charge in [-0.2, -0.15) is 0 Å². The third-order valence-electron chi connectivity index (χ3n) is 3.26. The van der Waals surface area contributed by atoms with Crippen LogP contribution in [0.15, 0.2) is 18.2 Å². The molecule has 0 saturated carbocycles. The van der Waals surface area contributed by atoms with Gasteiger partial charge in [-0.15, -0.1) is 0 Å². The van der Waals surface area contributed by atoms with Crippen LogP contribution in [0.1, 0.15) is 56.3 Å². The number of ketones is 1. The zero-order valence-electron chi connectivity index (χ0n) is 11.0. The second-order valence-electron chi connectivity index (χ2n) is 4.67. The van der Waals surface area contributed by atoms with Gasteiger partial charge in [-0.25, -0.2) is 4.39 Å². The first kappa shape index (κ1) is 15.2. The maximum atomic E-state index is 13.3. The first-order valence-electron chi connectivity index (χ1n) is 6.56. The summed E-state index contributed by atoms with van der Waals surface area (Å²) in [5.41, 5.74) is 0.423. The van der Waals surface area contributed by atoms with Gasteiger partial charge in [0.15, 0.2) is 5.78 Å². The number of rotatable bonds is 7. The molecule has 1 atom stereocenters. The molecule has 100 valence electrons. The van der Waals surface area contributed by atoms with Gasteiger partial charge in [-0.1, -0.05) is 51.1 Å². The molecule has 0 spiro atoms. The Balaban J connectivity index is 2.65. The van der Waals surface area contributed by atoms with Gasteiger partial charge >= 0.3 is 0 Å². The predicted molar refractivity (Wildman–Crippen MR) is 73.7 cm³/mol. The Labute approximate surface area is 113 Å². The minimum absolute atomic E-state index is 0.00789. The van der Waals surface area contributed by atoms with Crippen molar-refractivity contribution in [2.24, 2.45) is 5.92 Å². The summed E-state index contributed by atoms with van der Waals surface area (Å²) < 4.78 is 13.3. The SMILES string of the molecule is CCCCC(CC)CC(=O)c1ccc(Cl)c(F)c1. The van der Waals surface area contributed by atoms with E-state index >= 15 is 0 Å². The Hall–Kier alpha value is -0.890. The molecular weight excluding hydrogens is 251 g/mol. The van der Waals surface area contributed by atoms with E-state index in [1.807, 2.05) is 0 Å². The van der Waals surface area contributed by atoms with E-state index in [-0.39, 0.29) is 10.8 Å². The highest BCUT2D eigenvalue weighted by molar-refractivity contribution is 6.30. The van der Waals surface area contributed by atoms with Gasteiger partial charge in [-0.05, 0) is 24.1 Å². The van der Waals surface area contributed by atoms with Crippen molar-refractivity contribution >= 4 is 17.4 Å². The number of carbonyl (C=O) groups excluding carboxylic acids is 1. The number of carbonyl (C=O) groups is 1. The van der Waals surface area contributed by atoms with Crippen LogP contribution in [0, 0.1) is 11.7 Å². The summed E-state index contributed by atoms with van der Waals surface area (Å²) in [7, 11) is 0. The first-order valence-corrected chi connectivity index (χ1v) is 6.94. The average molecular weight is 271 g/mol. The highest BCUT2D eigenvalue weighted by Gasteiger charge is 2.14. The molecule has 0 aliphatic heterocycles. The summed E-state index contributed by atoms with van der Waals surface area (Å²) in [5.74, 6) is -0.117. The van der Waals surface area contributed by atoms with Crippen LogP contribution in [0.5, 0.6) is 0 Å². The fourth-order valence-electron chi connectivity index (χ4n) is 1.99. The molecule has 1 aromatic rings. The van der Waals surface area contributed by atoms with Gasteiger partial charge in [0.1, 0.15) is 5.82 Å². The zero-order valence-corrected chi connectivity index (χ0v) is 11.8. The zero-order chi connectivity index (χ0) is 13.5. The molecule has 18 heavy (non-hydrogen) atoms. The van der Waals surface area contributed by atoms with Crippen molar-refractivity contribution < 1.29 is 9.18 Å². The molecule has 0 aliphatic carbocycles. The molecule has 3 heteroatoms. The molecule has 0 saturated heterocycles. The fourth-order valence-corrected chi connectivity index (χ4v) is 2.11. The lowest BCUT2D eigenvalue weighted by Gasteiger charge is -2.13. The average Bonchev–Trinajstić information content (AvgIpc) is 2.37. The second kappa shape index (κ2) is 7.52. The van der Waals surface area contributed by atoms with E-state index in [4.69, 9.17) is 11.6 Å². The summed E-state index contributed by atoms with van der Waals surface area (Å²) in [6.07, 6.45) is 4.83. The Morgan fingerprint density at radius 3 is 2.67 bits per heavy atom.